The molecule has 13 heavy (non-hydrogen) atoms. The second-order valence-corrected chi connectivity index (χ2v) is 2.94. The Labute approximate surface area is 80.2 Å². The lowest BCUT2D eigenvalue weighted by molar-refractivity contribution is 1.24. The van der Waals surface area contributed by atoms with Crippen molar-refractivity contribution in [1.29, 1.82) is 0 Å². The molecule has 0 saturated heterocycles. The Balaban J connectivity index is 0.000000396. The van der Waals surface area contributed by atoms with Crippen LogP contribution >= 0.6 is 0 Å². The van der Waals surface area contributed by atoms with E-state index in [2.05, 4.69) is 36.2 Å². The zero-order valence-corrected chi connectivity index (χ0v) is 8.59. The van der Waals surface area contributed by atoms with Crippen LogP contribution in [0.4, 0.5) is 0 Å². The highest BCUT2D eigenvalue weighted by molar-refractivity contribution is 5.66. The van der Waals surface area contributed by atoms with E-state index in [4.69, 9.17) is 0 Å². The van der Waals surface area contributed by atoms with Gasteiger partial charge in [0.15, 0.2) is 0 Å². The van der Waals surface area contributed by atoms with Crippen LogP contribution in [0.5, 0.6) is 0 Å². The minimum absolute atomic E-state index is 1.07. The van der Waals surface area contributed by atoms with Gasteiger partial charge in [0, 0.05) is 11.9 Å². The fourth-order valence-corrected chi connectivity index (χ4v) is 1.35. The molecule has 1 N–H and O–H groups in total. The molecule has 0 aliphatic heterocycles. The van der Waals surface area contributed by atoms with Crippen molar-refractivity contribution < 1.29 is 0 Å². The van der Waals surface area contributed by atoms with E-state index >= 15 is 0 Å². The molecule has 0 bridgehead atoms. The van der Waals surface area contributed by atoms with Gasteiger partial charge in [-0.3, -0.25) is 0 Å². The van der Waals surface area contributed by atoms with Crippen molar-refractivity contribution in [3.05, 3.63) is 35.2 Å². The first kappa shape index (κ1) is 9.85. The third-order valence-electron chi connectivity index (χ3n) is 1.94. The van der Waals surface area contributed by atoms with Crippen molar-refractivity contribution in [2.24, 2.45) is 0 Å². The van der Waals surface area contributed by atoms with Gasteiger partial charge in [0.2, 0.25) is 0 Å². The zero-order valence-electron chi connectivity index (χ0n) is 8.59. The number of H-pyrrole nitrogens is 1. The standard InChI is InChI=1S/C10H11N.C2H6/c1-8-3-2-4-10-9(7-8)5-6-11-10;1-2/h2,4-7,11H,3H2,1H3;1-2H3. The van der Waals surface area contributed by atoms with E-state index in [9.17, 15) is 0 Å². The Hall–Kier alpha value is -1.24. The molecule has 1 aromatic rings. The summed E-state index contributed by atoms with van der Waals surface area (Å²) in [5.74, 6) is 0. The first-order valence-corrected chi connectivity index (χ1v) is 4.87. The van der Waals surface area contributed by atoms with Crippen LogP contribution in [0.2, 0.25) is 0 Å². The van der Waals surface area contributed by atoms with E-state index in [1.165, 1.54) is 16.8 Å². The monoisotopic (exact) mass is 175 g/mol. The number of nitrogens with one attached hydrogen (secondary N) is 1. The summed E-state index contributed by atoms with van der Waals surface area (Å²) in [5, 5.41) is 0. The zero-order chi connectivity index (χ0) is 9.68. The third-order valence-corrected chi connectivity index (χ3v) is 1.94. The van der Waals surface area contributed by atoms with Crippen LogP contribution in [0.1, 0.15) is 38.4 Å². The molecule has 0 amide bonds. The molecule has 1 aromatic heterocycles. The van der Waals surface area contributed by atoms with Gasteiger partial charge in [0.25, 0.3) is 0 Å². The van der Waals surface area contributed by atoms with Crippen LogP contribution in [-0.4, -0.2) is 4.98 Å². The van der Waals surface area contributed by atoms with E-state index in [1.807, 2.05) is 20.0 Å². The highest BCUT2D eigenvalue weighted by atomic mass is 14.7. The smallest absolute Gasteiger partial charge is 0.0450 e. The first-order valence-electron chi connectivity index (χ1n) is 4.87. The number of aromatic nitrogens is 1. The van der Waals surface area contributed by atoms with Gasteiger partial charge in [0.05, 0.1) is 0 Å². The van der Waals surface area contributed by atoms with Gasteiger partial charge in [-0.2, -0.15) is 0 Å². The molecular weight excluding hydrogens is 158 g/mol. The lowest BCUT2D eigenvalue weighted by Crippen LogP contribution is -1.72. The molecule has 0 spiro atoms. The van der Waals surface area contributed by atoms with Crippen LogP contribution in [0.15, 0.2) is 23.9 Å². The molecule has 0 unspecified atom stereocenters. The van der Waals surface area contributed by atoms with Crippen LogP contribution in [0, 0.1) is 0 Å². The van der Waals surface area contributed by atoms with Crippen molar-refractivity contribution in [2.75, 3.05) is 0 Å². The van der Waals surface area contributed by atoms with Gasteiger partial charge in [-0.25, -0.2) is 0 Å². The van der Waals surface area contributed by atoms with Crippen LogP contribution < -0.4 is 0 Å². The van der Waals surface area contributed by atoms with Crippen LogP contribution in [-0.2, 0) is 0 Å². The topological polar surface area (TPSA) is 15.8 Å². The Morgan fingerprint density at radius 2 is 2.08 bits per heavy atom. The molecule has 1 heteroatoms. The molecule has 1 aliphatic carbocycles. The van der Waals surface area contributed by atoms with E-state index in [0.717, 1.165) is 6.42 Å². The Morgan fingerprint density at radius 1 is 1.31 bits per heavy atom. The van der Waals surface area contributed by atoms with Gasteiger partial charge in [-0.15, -0.1) is 0 Å². The summed E-state index contributed by atoms with van der Waals surface area (Å²) in [6, 6.07) is 2.11. The summed E-state index contributed by atoms with van der Waals surface area (Å²) < 4.78 is 0. The quantitative estimate of drug-likeness (QED) is 0.616. The molecule has 0 atom stereocenters. The number of rotatable bonds is 0. The molecule has 0 fully saturated rings. The predicted molar refractivity (Wildman–Crippen MR) is 59.4 cm³/mol. The summed E-state index contributed by atoms with van der Waals surface area (Å²) in [7, 11) is 0. The molecule has 1 nitrogen and oxygen atoms in total. The van der Waals surface area contributed by atoms with Gasteiger partial charge in [-0.1, -0.05) is 31.6 Å². The van der Waals surface area contributed by atoms with Gasteiger partial charge in [-0.05, 0) is 31.1 Å². The maximum Gasteiger partial charge on any atom is 0.0450 e. The summed E-state index contributed by atoms with van der Waals surface area (Å²) in [5.41, 5.74) is 3.94. The minimum atomic E-state index is 1.07. The largest absolute Gasteiger partial charge is 0.361 e. The molecular formula is C12H17N. The number of allylic oxidation sites excluding steroid dienone is 2. The minimum Gasteiger partial charge on any atom is -0.361 e. The number of aromatic amines is 1. The second kappa shape index (κ2) is 4.70. The van der Waals surface area contributed by atoms with Crippen molar-refractivity contribution in [2.45, 2.75) is 27.2 Å². The highest BCUT2D eigenvalue weighted by Gasteiger charge is 2.00. The molecule has 0 radical (unpaired) electrons. The molecule has 0 aromatic carbocycles. The maximum atomic E-state index is 3.19. The summed E-state index contributed by atoms with van der Waals surface area (Å²) in [4.78, 5) is 3.19. The van der Waals surface area contributed by atoms with Crippen molar-refractivity contribution >= 4 is 12.2 Å². The van der Waals surface area contributed by atoms with Crippen molar-refractivity contribution in [3.63, 3.8) is 0 Å². The van der Waals surface area contributed by atoms with Crippen LogP contribution in [0.3, 0.4) is 0 Å². The van der Waals surface area contributed by atoms with E-state index in [1.54, 1.807) is 0 Å². The summed E-state index contributed by atoms with van der Waals surface area (Å²) in [6.45, 7) is 6.16. The number of hydrogen-bond acceptors (Lipinski definition) is 0. The maximum absolute atomic E-state index is 3.19. The number of fused-ring (bicyclic) bond motifs is 1. The lowest BCUT2D eigenvalue weighted by atomic mass is 10.2. The third kappa shape index (κ3) is 2.35. The average molecular weight is 175 g/mol. The normalized spacial score (nSPS) is 13.6. The van der Waals surface area contributed by atoms with E-state index in [-0.39, 0.29) is 0 Å². The molecule has 2 rings (SSSR count). The lowest BCUT2D eigenvalue weighted by Gasteiger charge is -1.90. The Morgan fingerprint density at radius 3 is 2.85 bits per heavy atom. The fourth-order valence-electron chi connectivity index (χ4n) is 1.35. The van der Waals surface area contributed by atoms with Crippen molar-refractivity contribution in [1.82, 2.24) is 4.98 Å². The summed E-state index contributed by atoms with van der Waals surface area (Å²) in [6.07, 6.45) is 9.61. The molecule has 0 saturated carbocycles. The number of hydrogen-bond donors (Lipinski definition) is 1. The fraction of sp³-hybridized carbons (Fsp3) is 0.333. The van der Waals surface area contributed by atoms with Crippen molar-refractivity contribution in [3.8, 4) is 0 Å². The molecule has 1 heterocycles. The second-order valence-electron chi connectivity index (χ2n) is 2.94. The van der Waals surface area contributed by atoms with Crippen LogP contribution in [0.25, 0.3) is 12.2 Å². The first-order chi connectivity index (χ1) is 6.36. The Kier molecular flexibility index (Phi) is 3.56. The Bertz CT molecular complexity index is 316. The molecule has 1 aliphatic rings. The molecule has 70 valence electrons. The van der Waals surface area contributed by atoms with Gasteiger partial charge in [0.1, 0.15) is 0 Å². The predicted octanol–water partition coefficient (Wildman–Crippen LogP) is 3.86. The highest BCUT2D eigenvalue weighted by Crippen LogP contribution is 2.19. The average Bonchev–Trinajstić information content (AvgIpc) is 2.50. The SMILES string of the molecule is CC.CC1=Cc2cc[nH]c2C=CC1. The summed E-state index contributed by atoms with van der Waals surface area (Å²) >= 11 is 0. The van der Waals surface area contributed by atoms with E-state index < -0.39 is 0 Å². The van der Waals surface area contributed by atoms with E-state index in [0.29, 0.717) is 0 Å². The van der Waals surface area contributed by atoms with Gasteiger partial charge < -0.3 is 4.98 Å². The van der Waals surface area contributed by atoms with Gasteiger partial charge >= 0.3 is 0 Å².